The quantitative estimate of drug-likeness (QED) is 0.362. The molecule has 0 saturated carbocycles. The normalized spacial score (nSPS) is 10.8. The molecule has 3 N–H and O–H groups in total. The van der Waals surface area contributed by atoms with Gasteiger partial charge in [0.05, 0.1) is 16.2 Å². The SMILES string of the molecule is CCCN=C(N)Nc1ccc([N+](=O)[O-])cc1C#N. The van der Waals surface area contributed by atoms with Crippen LogP contribution in [0.4, 0.5) is 11.4 Å². The monoisotopic (exact) mass is 247 g/mol. The van der Waals surface area contributed by atoms with Crippen LogP contribution in [0.25, 0.3) is 0 Å². The summed E-state index contributed by atoms with van der Waals surface area (Å²) in [6, 6.07) is 5.80. The van der Waals surface area contributed by atoms with Crippen LogP contribution in [0.3, 0.4) is 0 Å². The number of nitriles is 1. The van der Waals surface area contributed by atoms with Gasteiger partial charge in [0, 0.05) is 18.7 Å². The second-order valence-electron chi connectivity index (χ2n) is 3.49. The zero-order chi connectivity index (χ0) is 13.5. The van der Waals surface area contributed by atoms with Crippen molar-refractivity contribution in [3.8, 4) is 6.07 Å². The standard InChI is InChI=1S/C11H13N5O2/c1-2-5-14-11(13)15-10-4-3-9(16(17)18)6-8(10)7-12/h3-4,6H,2,5H2,1H3,(H3,13,14,15). The van der Waals surface area contributed by atoms with Crippen LogP contribution < -0.4 is 11.1 Å². The molecular weight excluding hydrogens is 234 g/mol. The lowest BCUT2D eigenvalue weighted by Crippen LogP contribution is -2.23. The summed E-state index contributed by atoms with van der Waals surface area (Å²) in [4.78, 5) is 14.0. The van der Waals surface area contributed by atoms with Gasteiger partial charge in [-0.2, -0.15) is 5.26 Å². The third kappa shape index (κ3) is 3.45. The molecule has 1 aromatic carbocycles. The van der Waals surface area contributed by atoms with E-state index >= 15 is 0 Å². The number of nitro benzene ring substituents is 1. The van der Waals surface area contributed by atoms with Gasteiger partial charge in [-0.1, -0.05) is 6.92 Å². The van der Waals surface area contributed by atoms with Crippen molar-refractivity contribution in [2.45, 2.75) is 13.3 Å². The number of hydrogen-bond acceptors (Lipinski definition) is 4. The molecule has 0 aliphatic heterocycles. The highest BCUT2D eigenvalue weighted by molar-refractivity contribution is 5.93. The fraction of sp³-hybridized carbons (Fsp3) is 0.273. The molecule has 0 unspecified atom stereocenters. The number of nitro groups is 1. The predicted octanol–water partition coefficient (Wildman–Crippen LogP) is 1.60. The molecule has 0 atom stereocenters. The Morgan fingerprint density at radius 3 is 2.94 bits per heavy atom. The van der Waals surface area contributed by atoms with Crippen LogP contribution >= 0.6 is 0 Å². The largest absolute Gasteiger partial charge is 0.370 e. The number of nitrogens with two attached hydrogens (primary N) is 1. The number of nitrogens with one attached hydrogen (secondary N) is 1. The van der Waals surface area contributed by atoms with Crippen molar-refractivity contribution >= 4 is 17.3 Å². The van der Waals surface area contributed by atoms with Gasteiger partial charge in [0.25, 0.3) is 5.69 Å². The summed E-state index contributed by atoms with van der Waals surface area (Å²) in [7, 11) is 0. The number of guanidine groups is 1. The van der Waals surface area contributed by atoms with Gasteiger partial charge in [-0.25, -0.2) is 0 Å². The molecule has 0 bridgehead atoms. The van der Waals surface area contributed by atoms with Crippen LogP contribution in [0.15, 0.2) is 23.2 Å². The van der Waals surface area contributed by atoms with Crippen molar-refractivity contribution in [1.82, 2.24) is 0 Å². The molecule has 7 nitrogen and oxygen atoms in total. The maximum absolute atomic E-state index is 10.6. The minimum atomic E-state index is -0.556. The molecule has 0 amide bonds. The summed E-state index contributed by atoms with van der Waals surface area (Å²) in [6.07, 6.45) is 0.855. The lowest BCUT2D eigenvalue weighted by atomic mass is 10.2. The first kappa shape index (κ1) is 13.4. The van der Waals surface area contributed by atoms with Crippen LogP contribution in [-0.2, 0) is 0 Å². The van der Waals surface area contributed by atoms with E-state index in [1.165, 1.54) is 18.2 Å². The Morgan fingerprint density at radius 1 is 1.67 bits per heavy atom. The number of anilines is 1. The first-order valence-corrected chi connectivity index (χ1v) is 5.34. The first-order chi connectivity index (χ1) is 8.58. The van der Waals surface area contributed by atoms with Gasteiger partial charge in [-0.05, 0) is 12.5 Å². The highest BCUT2D eigenvalue weighted by Gasteiger charge is 2.10. The molecule has 18 heavy (non-hydrogen) atoms. The minimum absolute atomic E-state index is 0.138. The molecule has 0 spiro atoms. The van der Waals surface area contributed by atoms with Crippen molar-refractivity contribution in [3.05, 3.63) is 33.9 Å². The molecule has 0 heterocycles. The maximum Gasteiger partial charge on any atom is 0.270 e. The van der Waals surface area contributed by atoms with Crippen molar-refractivity contribution < 1.29 is 4.92 Å². The number of hydrogen-bond donors (Lipinski definition) is 2. The van der Waals surface area contributed by atoms with E-state index in [-0.39, 0.29) is 17.2 Å². The molecule has 7 heteroatoms. The summed E-state index contributed by atoms with van der Waals surface area (Å²) in [5, 5.41) is 22.2. The van der Waals surface area contributed by atoms with E-state index < -0.39 is 4.92 Å². The van der Waals surface area contributed by atoms with Crippen molar-refractivity contribution in [1.29, 1.82) is 5.26 Å². The van der Waals surface area contributed by atoms with E-state index in [1.807, 2.05) is 13.0 Å². The third-order valence-electron chi connectivity index (χ3n) is 2.10. The van der Waals surface area contributed by atoms with E-state index in [4.69, 9.17) is 11.0 Å². The molecule has 0 saturated heterocycles. The topological polar surface area (TPSA) is 117 Å². The minimum Gasteiger partial charge on any atom is -0.370 e. The highest BCUT2D eigenvalue weighted by Crippen LogP contribution is 2.21. The predicted molar refractivity (Wildman–Crippen MR) is 68.2 cm³/mol. The lowest BCUT2D eigenvalue weighted by Gasteiger charge is -2.06. The van der Waals surface area contributed by atoms with Crippen LogP contribution in [0.2, 0.25) is 0 Å². The number of aliphatic imine (C=N–C) groups is 1. The molecule has 94 valence electrons. The van der Waals surface area contributed by atoms with Crippen molar-refractivity contribution in [3.63, 3.8) is 0 Å². The molecule has 0 aliphatic rings. The Morgan fingerprint density at radius 2 is 2.39 bits per heavy atom. The van der Waals surface area contributed by atoms with Gasteiger partial charge in [-0.3, -0.25) is 15.1 Å². The molecule has 0 aliphatic carbocycles. The molecule has 1 rings (SSSR count). The highest BCUT2D eigenvalue weighted by atomic mass is 16.6. The lowest BCUT2D eigenvalue weighted by molar-refractivity contribution is -0.384. The summed E-state index contributed by atoms with van der Waals surface area (Å²) < 4.78 is 0. The smallest absolute Gasteiger partial charge is 0.270 e. The van der Waals surface area contributed by atoms with Crippen molar-refractivity contribution in [2.24, 2.45) is 10.7 Å². The van der Waals surface area contributed by atoms with Crippen LogP contribution in [0.1, 0.15) is 18.9 Å². The zero-order valence-electron chi connectivity index (χ0n) is 9.88. The number of benzene rings is 1. The number of non-ortho nitro benzene ring substituents is 1. The van der Waals surface area contributed by atoms with Crippen LogP contribution in [0.5, 0.6) is 0 Å². The fourth-order valence-electron chi connectivity index (χ4n) is 1.26. The van der Waals surface area contributed by atoms with Crippen molar-refractivity contribution in [2.75, 3.05) is 11.9 Å². The van der Waals surface area contributed by atoms with Gasteiger partial charge in [0.2, 0.25) is 0 Å². The molecule has 0 aromatic heterocycles. The summed E-state index contributed by atoms with van der Waals surface area (Å²) in [5.41, 5.74) is 6.03. The summed E-state index contributed by atoms with van der Waals surface area (Å²) >= 11 is 0. The van der Waals surface area contributed by atoms with E-state index in [0.717, 1.165) is 6.42 Å². The summed E-state index contributed by atoms with van der Waals surface area (Å²) in [5.74, 6) is 0.183. The van der Waals surface area contributed by atoms with Gasteiger partial charge in [0.15, 0.2) is 5.96 Å². The second kappa shape index (κ2) is 6.20. The molecule has 1 aromatic rings. The van der Waals surface area contributed by atoms with E-state index in [2.05, 4.69) is 10.3 Å². The molecule has 0 radical (unpaired) electrons. The van der Waals surface area contributed by atoms with E-state index in [9.17, 15) is 10.1 Å². The second-order valence-corrected chi connectivity index (χ2v) is 3.49. The molecular formula is C11H13N5O2. The Hall–Kier alpha value is -2.62. The Labute approximate surface area is 104 Å². The Bertz CT molecular complexity index is 519. The number of rotatable bonds is 4. The fourth-order valence-corrected chi connectivity index (χ4v) is 1.26. The average Bonchev–Trinajstić information content (AvgIpc) is 2.36. The van der Waals surface area contributed by atoms with Crippen LogP contribution in [0, 0.1) is 21.4 Å². The summed E-state index contributed by atoms with van der Waals surface area (Å²) in [6.45, 7) is 2.54. The van der Waals surface area contributed by atoms with Crippen LogP contribution in [-0.4, -0.2) is 17.4 Å². The Balaban J connectivity index is 2.97. The maximum atomic E-state index is 10.6. The third-order valence-corrected chi connectivity index (χ3v) is 2.10. The first-order valence-electron chi connectivity index (χ1n) is 5.34. The van der Waals surface area contributed by atoms with Gasteiger partial charge in [-0.15, -0.1) is 0 Å². The Kier molecular flexibility index (Phi) is 4.63. The van der Waals surface area contributed by atoms with E-state index in [0.29, 0.717) is 12.2 Å². The molecule has 0 fully saturated rings. The zero-order valence-corrected chi connectivity index (χ0v) is 9.88. The van der Waals surface area contributed by atoms with Gasteiger partial charge < -0.3 is 11.1 Å². The average molecular weight is 247 g/mol. The number of nitrogens with zero attached hydrogens (tertiary/aromatic N) is 3. The van der Waals surface area contributed by atoms with E-state index in [1.54, 1.807) is 0 Å². The van der Waals surface area contributed by atoms with Gasteiger partial charge in [0.1, 0.15) is 6.07 Å². The van der Waals surface area contributed by atoms with Gasteiger partial charge >= 0.3 is 0 Å².